The van der Waals surface area contributed by atoms with Gasteiger partial charge in [-0.15, -0.1) is 0 Å². The lowest BCUT2D eigenvalue weighted by Gasteiger charge is -2.08. The SMILES string of the molecule is O=C1OC(c2ccccc2OC(F)F)=N/C1=C\c1cccc(Cl)c1. The van der Waals surface area contributed by atoms with E-state index in [1.807, 2.05) is 0 Å². The molecule has 1 aliphatic heterocycles. The van der Waals surface area contributed by atoms with Crippen LogP contribution in [0.4, 0.5) is 8.78 Å². The van der Waals surface area contributed by atoms with Gasteiger partial charge >= 0.3 is 12.6 Å². The zero-order chi connectivity index (χ0) is 17.1. The number of alkyl halides is 2. The molecule has 0 radical (unpaired) electrons. The van der Waals surface area contributed by atoms with Gasteiger partial charge < -0.3 is 9.47 Å². The molecule has 4 nitrogen and oxygen atoms in total. The maximum Gasteiger partial charge on any atom is 0.387 e. The number of carbonyl (C=O) groups is 1. The van der Waals surface area contributed by atoms with Gasteiger partial charge in [-0.2, -0.15) is 8.78 Å². The second-order valence-corrected chi connectivity index (χ2v) is 5.20. The van der Waals surface area contributed by atoms with Gasteiger partial charge in [0.25, 0.3) is 0 Å². The molecule has 7 heteroatoms. The van der Waals surface area contributed by atoms with E-state index in [2.05, 4.69) is 9.73 Å². The first-order valence-corrected chi connectivity index (χ1v) is 7.23. The van der Waals surface area contributed by atoms with Crippen LogP contribution < -0.4 is 4.74 Å². The van der Waals surface area contributed by atoms with E-state index in [-0.39, 0.29) is 22.9 Å². The molecule has 2 aromatic carbocycles. The monoisotopic (exact) mass is 349 g/mol. The molecule has 0 aromatic heterocycles. The molecule has 0 amide bonds. The molecule has 0 unspecified atom stereocenters. The number of carbonyl (C=O) groups excluding carboxylic acids is 1. The van der Waals surface area contributed by atoms with Gasteiger partial charge in [0, 0.05) is 5.02 Å². The Morgan fingerprint density at radius 2 is 1.96 bits per heavy atom. The Kier molecular flexibility index (Phi) is 4.57. The predicted molar refractivity (Wildman–Crippen MR) is 85.1 cm³/mol. The van der Waals surface area contributed by atoms with Crippen molar-refractivity contribution in [2.24, 2.45) is 4.99 Å². The van der Waals surface area contributed by atoms with Gasteiger partial charge in [-0.1, -0.05) is 35.9 Å². The summed E-state index contributed by atoms with van der Waals surface area (Å²) >= 11 is 5.89. The van der Waals surface area contributed by atoms with E-state index in [1.54, 1.807) is 30.3 Å². The molecule has 0 bridgehead atoms. The molecule has 1 aliphatic rings. The van der Waals surface area contributed by atoms with E-state index in [0.29, 0.717) is 10.6 Å². The summed E-state index contributed by atoms with van der Waals surface area (Å²) in [7, 11) is 0. The normalized spacial score (nSPS) is 15.6. The number of para-hydroxylation sites is 1. The van der Waals surface area contributed by atoms with Crippen LogP contribution >= 0.6 is 11.6 Å². The van der Waals surface area contributed by atoms with Crippen molar-refractivity contribution < 1.29 is 23.0 Å². The number of hydrogen-bond donors (Lipinski definition) is 0. The van der Waals surface area contributed by atoms with E-state index in [1.165, 1.54) is 24.3 Å². The lowest BCUT2D eigenvalue weighted by molar-refractivity contribution is -0.129. The minimum atomic E-state index is -3.00. The van der Waals surface area contributed by atoms with E-state index < -0.39 is 12.6 Å². The second-order valence-electron chi connectivity index (χ2n) is 4.77. The molecule has 0 fully saturated rings. The Hall–Kier alpha value is -2.73. The molecule has 1 heterocycles. The fourth-order valence-electron chi connectivity index (χ4n) is 2.12. The third-order valence-corrected chi connectivity index (χ3v) is 3.34. The van der Waals surface area contributed by atoms with E-state index >= 15 is 0 Å². The number of cyclic esters (lactones) is 1. The summed E-state index contributed by atoms with van der Waals surface area (Å²) in [5.74, 6) is -0.899. The average molecular weight is 350 g/mol. The summed E-state index contributed by atoms with van der Waals surface area (Å²) in [4.78, 5) is 16.0. The molecule has 0 N–H and O–H groups in total. The van der Waals surface area contributed by atoms with Crippen LogP contribution in [0.25, 0.3) is 6.08 Å². The van der Waals surface area contributed by atoms with Crippen LogP contribution in [0.2, 0.25) is 5.02 Å². The van der Waals surface area contributed by atoms with E-state index in [4.69, 9.17) is 16.3 Å². The molecule has 2 aromatic rings. The summed E-state index contributed by atoms with van der Waals surface area (Å²) in [6.07, 6.45) is 1.50. The molecule has 0 atom stereocenters. The molecule has 0 saturated carbocycles. The summed E-state index contributed by atoms with van der Waals surface area (Å²) in [5.41, 5.74) is 0.872. The van der Waals surface area contributed by atoms with Gasteiger partial charge in [-0.25, -0.2) is 9.79 Å². The number of rotatable bonds is 4. The maximum absolute atomic E-state index is 12.5. The Morgan fingerprint density at radius 3 is 2.71 bits per heavy atom. The van der Waals surface area contributed by atoms with Crippen molar-refractivity contribution in [3.05, 3.63) is 70.4 Å². The third kappa shape index (κ3) is 3.60. The van der Waals surface area contributed by atoms with Gasteiger partial charge in [0.15, 0.2) is 5.70 Å². The fourth-order valence-corrected chi connectivity index (χ4v) is 2.32. The van der Waals surface area contributed by atoms with E-state index in [9.17, 15) is 13.6 Å². The number of aliphatic imine (C=N–C) groups is 1. The van der Waals surface area contributed by atoms with Crippen LogP contribution in [0, 0.1) is 0 Å². The van der Waals surface area contributed by atoms with Gasteiger partial charge in [-0.05, 0) is 35.9 Å². The highest BCUT2D eigenvalue weighted by Crippen LogP contribution is 2.26. The topological polar surface area (TPSA) is 47.9 Å². The Balaban J connectivity index is 1.95. The highest BCUT2D eigenvalue weighted by Gasteiger charge is 2.26. The van der Waals surface area contributed by atoms with Gasteiger partial charge in [-0.3, -0.25) is 0 Å². The number of nitrogens with zero attached hydrogens (tertiary/aromatic N) is 1. The fraction of sp³-hybridized carbons (Fsp3) is 0.0588. The number of hydrogen-bond acceptors (Lipinski definition) is 4. The van der Waals surface area contributed by atoms with Gasteiger partial charge in [0.2, 0.25) is 5.90 Å². The van der Waals surface area contributed by atoms with E-state index in [0.717, 1.165) is 0 Å². The van der Waals surface area contributed by atoms with Crippen LogP contribution in [-0.4, -0.2) is 18.5 Å². The third-order valence-electron chi connectivity index (χ3n) is 3.11. The molecule has 0 saturated heterocycles. The Labute approximate surface area is 141 Å². The van der Waals surface area contributed by atoms with Crippen LogP contribution in [0.15, 0.2) is 59.2 Å². The first-order valence-electron chi connectivity index (χ1n) is 6.85. The quantitative estimate of drug-likeness (QED) is 0.611. The zero-order valence-electron chi connectivity index (χ0n) is 12.1. The van der Waals surface area contributed by atoms with Gasteiger partial charge in [0.1, 0.15) is 5.75 Å². The zero-order valence-corrected chi connectivity index (χ0v) is 12.8. The highest BCUT2D eigenvalue weighted by molar-refractivity contribution is 6.30. The summed E-state index contributed by atoms with van der Waals surface area (Å²) in [5, 5.41) is 0.510. The summed E-state index contributed by atoms with van der Waals surface area (Å²) in [6, 6.07) is 12.8. The van der Waals surface area contributed by atoms with Crippen molar-refractivity contribution in [1.82, 2.24) is 0 Å². The number of halogens is 3. The van der Waals surface area contributed by atoms with Crippen molar-refractivity contribution >= 4 is 29.5 Å². The van der Waals surface area contributed by atoms with Gasteiger partial charge in [0.05, 0.1) is 5.56 Å². The first kappa shape index (κ1) is 16.1. The first-order chi connectivity index (χ1) is 11.5. The van der Waals surface area contributed by atoms with Crippen molar-refractivity contribution in [3.8, 4) is 5.75 Å². The predicted octanol–water partition coefficient (Wildman–Crippen LogP) is 4.29. The molecule has 24 heavy (non-hydrogen) atoms. The highest BCUT2D eigenvalue weighted by atomic mass is 35.5. The number of esters is 1. The molecule has 122 valence electrons. The smallest absolute Gasteiger partial charge is 0.387 e. The summed E-state index contributed by atoms with van der Waals surface area (Å²) < 4.78 is 34.4. The average Bonchev–Trinajstić information content (AvgIpc) is 2.88. The molecule has 3 rings (SSSR count). The Bertz CT molecular complexity index is 849. The van der Waals surface area contributed by atoms with Crippen molar-refractivity contribution in [2.45, 2.75) is 6.61 Å². The maximum atomic E-state index is 12.5. The minimum Gasteiger partial charge on any atom is -0.434 e. The molecular formula is C17H10ClF2NO3. The van der Waals surface area contributed by atoms with Crippen LogP contribution in [0.1, 0.15) is 11.1 Å². The standard InChI is InChI=1S/C17H10ClF2NO3/c18-11-5-3-4-10(8-11)9-13-16(22)24-15(21-13)12-6-1-2-7-14(12)23-17(19)20/h1-9,17H/b13-9-. The molecule has 0 spiro atoms. The van der Waals surface area contributed by atoms with Crippen LogP contribution in [0.5, 0.6) is 5.75 Å². The number of ether oxygens (including phenoxy) is 2. The second kappa shape index (κ2) is 6.80. The van der Waals surface area contributed by atoms with Crippen LogP contribution in [-0.2, 0) is 9.53 Å². The molecule has 0 aliphatic carbocycles. The minimum absolute atomic E-state index is 0.0408. The lowest BCUT2D eigenvalue weighted by Crippen LogP contribution is -2.10. The summed E-state index contributed by atoms with van der Waals surface area (Å²) in [6.45, 7) is -3.00. The van der Waals surface area contributed by atoms with Crippen molar-refractivity contribution in [3.63, 3.8) is 0 Å². The Morgan fingerprint density at radius 1 is 1.17 bits per heavy atom. The molecular weight excluding hydrogens is 340 g/mol. The largest absolute Gasteiger partial charge is 0.434 e. The number of benzene rings is 2. The lowest BCUT2D eigenvalue weighted by atomic mass is 10.2. The van der Waals surface area contributed by atoms with Crippen LogP contribution in [0.3, 0.4) is 0 Å². The van der Waals surface area contributed by atoms with Crippen molar-refractivity contribution in [2.75, 3.05) is 0 Å². The van der Waals surface area contributed by atoms with Crippen molar-refractivity contribution in [1.29, 1.82) is 0 Å².